The van der Waals surface area contributed by atoms with Crippen molar-refractivity contribution in [2.45, 2.75) is 13.3 Å². The third-order valence-corrected chi connectivity index (χ3v) is 2.82. The lowest BCUT2D eigenvalue weighted by molar-refractivity contribution is 0.965. The summed E-state index contributed by atoms with van der Waals surface area (Å²) in [7, 11) is 0. The van der Waals surface area contributed by atoms with Crippen LogP contribution >= 0.6 is 15.9 Å². The fourth-order valence-electron chi connectivity index (χ4n) is 1.37. The topological polar surface area (TPSA) is 50.7 Å². The Labute approximate surface area is 109 Å². The van der Waals surface area contributed by atoms with E-state index in [4.69, 9.17) is 0 Å². The SMILES string of the molecule is CCCNc1ccnc(-c2ncccc2Br)n1. The third-order valence-electron chi connectivity index (χ3n) is 2.18. The predicted octanol–water partition coefficient (Wildman–Crippen LogP) is 3.12. The molecule has 0 amide bonds. The van der Waals surface area contributed by atoms with Crippen molar-refractivity contribution in [1.29, 1.82) is 0 Å². The molecule has 0 aliphatic rings. The second kappa shape index (κ2) is 5.72. The number of anilines is 1. The lowest BCUT2D eigenvalue weighted by Crippen LogP contribution is -2.03. The molecular formula is C12H13BrN4. The Hall–Kier alpha value is -1.49. The largest absolute Gasteiger partial charge is 0.370 e. The Bertz CT molecular complexity index is 501. The summed E-state index contributed by atoms with van der Waals surface area (Å²) in [5, 5.41) is 3.23. The molecule has 0 saturated carbocycles. The second-order valence-corrected chi connectivity index (χ2v) is 4.38. The van der Waals surface area contributed by atoms with Gasteiger partial charge in [0.1, 0.15) is 11.5 Å². The number of nitrogens with zero attached hydrogens (tertiary/aromatic N) is 3. The van der Waals surface area contributed by atoms with Crippen LogP contribution in [-0.4, -0.2) is 21.5 Å². The van der Waals surface area contributed by atoms with Gasteiger partial charge < -0.3 is 5.32 Å². The van der Waals surface area contributed by atoms with Crippen LogP contribution < -0.4 is 5.32 Å². The van der Waals surface area contributed by atoms with Gasteiger partial charge in [0.05, 0.1) is 0 Å². The van der Waals surface area contributed by atoms with E-state index in [1.54, 1.807) is 12.4 Å². The second-order valence-electron chi connectivity index (χ2n) is 3.53. The van der Waals surface area contributed by atoms with E-state index in [1.807, 2.05) is 18.2 Å². The average molecular weight is 293 g/mol. The number of aromatic nitrogens is 3. The normalized spacial score (nSPS) is 10.2. The number of halogens is 1. The van der Waals surface area contributed by atoms with Crippen molar-refractivity contribution in [2.24, 2.45) is 0 Å². The maximum atomic E-state index is 4.43. The van der Waals surface area contributed by atoms with Gasteiger partial charge in [-0.15, -0.1) is 0 Å². The highest BCUT2D eigenvalue weighted by molar-refractivity contribution is 9.10. The van der Waals surface area contributed by atoms with Crippen LogP contribution in [0.1, 0.15) is 13.3 Å². The summed E-state index contributed by atoms with van der Waals surface area (Å²) in [6.07, 6.45) is 4.53. The molecule has 2 aromatic rings. The molecule has 2 heterocycles. The molecule has 0 fully saturated rings. The molecule has 0 aliphatic carbocycles. The molecule has 0 unspecified atom stereocenters. The van der Waals surface area contributed by atoms with Crippen molar-refractivity contribution >= 4 is 21.7 Å². The van der Waals surface area contributed by atoms with Crippen LogP contribution in [0, 0.1) is 0 Å². The van der Waals surface area contributed by atoms with Crippen LogP contribution in [0.2, 0.25) is 0 Å². The number of pyridine rings is 1. The molecule has 17 heavy (non-hydrogen) atoms. The molecule has 0 saturated heterocycles. The van der Waals surface area contributed by atoms with E-state index in [-0.39, 0.29) is 0 Å². The standard InChI is InChI=1S/C12H13BrN4/c1-2-6-14-10-5-8-16-12(17-10)11-9(13)4-3-7-15-11/h3-5,7-8H,2,6H2,1H3,(H,14,16,17). The minimum atomic E-state index is 0.624. The summed E-state index contributed by atoms with van der Waals surface area (Å²) in [5.74, 6) is 1.45. The van der Waals surface area contributed by atoms with Gasteiger partial charge in [-0.3, -0.25) is 4.98 Å². The summed E-state index contributed by atoms with van der Waals surface area (Å²) in [6, 6.07) is 5.65. The van der Waals surface area contributed by atoms with Gasteiger partial charge in [-0.05, 0) is 40.5 Å². The molecule has 5 heteroatoms. The van der Waals surface area contributed by atoms with Crippen LogP contribution in [0.15, 0.2) is 35.1 Å². The summed E-state index contributed by atoms with van der Waals surface area (Å²) < 4.78 is 0.896. The van der Waals surface area contributed by atoms with E-state index >= 15 is 0 Å². The first kappa shape index (κ1) is 12.0. The van der Waals surface area contributed by atoms with Crippen molar-refractivity contribution in [1.82, 2.24) is 15.0 Å². The lowest BCUT2D eigenvalue weighted by atomic mass is 10.3. The fourth-order valence-corrected chi connectivity index (χ4v) is 1.81. The highest BCUT2D eigenvalue weighted by atomic mass is 79.9. The zero-order valence-corrected chi connectivity index (χ0v) is 11.1. The van der Waals surface area contributed by atoms with Gasteiger partial charge in [-0.1, -0.05) is 6.92 Å². The Morgan fingerprint density at radius 2 is 2.12 bits per heavy atom. The van der Waals surface area contributed by atoms with E-state index in [9.17, 15) is 0 Å². The van der Waals surface area contributed by atoms with Crippen molar-refractivity contribution < 1.29 is 0 Å². The first-order chi connectivity index (χ1) is 8.31. The fraction of sp³-hybridized carbons (Fsp3) is 0.250. The van der Waals surface area contributed by atoms with Gasteiger partial charge in [-0.25, -0.2) is 9.97 Å². The van der Waals surface area contributed by atoms with E-state index in [0.29, 0.717) is 5.82 Å². The van der Waals surface area contributed by atoms with Crippen molar-refractivity contribution in [3.05, 3.63) is 35.1 Å². The Morgan fingerprint density at radius 3 is 2.88 bits per heavy atom. The minimum Gasteiger partial charge on any atom is -0.370 e. The maximum absolute atomic E-state index is 4.43. The molecular weight excluding hydrogens is 280 g/mol. The summed E-state index contributed by atoms with van der Waals surface area (Å²) >= 11 is 3.45. The molecule has 2 rings (SSSR count). The number of hydrogen-bond acceptors (Lipinski definition) is 4. The molecule has 0 atom stereocenters. The van der Waals surface area contributed by atoms with Gasteiger partial charge in [0, 0.05) is 23.4 Å². The molecule has 1 N–H and O–H groups in total. The van der Waals surface area contributed by atoms with Gasteiger partial charge >= 0.3 is 0 Å². The van der Waals surface area contributed by atoms with Gasteiger partial charge in [0.25, 0.3) is 0 Å². The van der Waals surface area contributed by atoms with Gasteiger partial charge in [0.15, 0.2) is 5.82 Å². The minimum absolute atomic E-state index is 0.624. The Morgan fingerprint density at radius 1 is 1.24 bits per heavy atom. The van der Waals surface area contributed by atoms with Gasteiger partial charge in [0.2, 0.25) is 0 Å². The molecule has 0 spiro atoms. The third kappa shape index (κ3) is 3.00. The zero-order chi connectivity index (χ0) is 12.1. The predicted molar refractivity (Wildman–Crippen MR) is 71.7 cm³/mol. The zero-order valence-electron chi connectivity index (χ0n) is 9.52. The van der Waals surface area contributed by atoms with Crippen molar-refractivity contribution in [2.75, 3.05) is 11.9 Å². The van der Waals surface area contributed by atoms with Crippen LogP contribution in [0.5, 0.6) is 0 Å². The van der Waals surface area contributed by atoms with Crippen LogP contribution in [0.4, 0.5) is 5.82 Å². The van der Waals surface area contributed by atoms with E-state index in [2.05, 4.69) is 43.1 Å². The van der Waals surface area contributed by atoms with Gasteiger partial charge in [-0.2, -0.15) is 0 Å². The Balaban J connectivity index is 2.30. The van der Waals surface area contributed by atoms with Crippen molar-refractivity contribution in [3.63, 3.8) is 0 Å². The van der Waals surface area contributed by atoms with E-state index in [1.165, 1.54) is 0 Å². The van der Waals surface area contributed by atoms with E-state index < -0.39 is 0 Å². The number of hydrogen-bond donors (Lipinski definition) is 1. The van der Waals surface area contributed by atoms with E-state index in [0.717, 1.165) is 29.0 Å². The quantitative estimate of drug-likeness (QED) is 0.941. The molecule has 0 aromatic carbocycles. The first-order valence-electron chi connectivity index (χ1n) is 5.49. The molecule has 0 aliphatic heterocycles. The summed E-state index contributed by atoms with van der Waals surface area (Å²) in [6.45, 7) is 3.02. The number of rotatable bonds is 4. The maximum Gasteiger partial charge on any atom is 0.181 e. The van der Waals surface area contributed by atoms with Crippen molar-refractivity contribution in [3.8, 4) is 11.5 Å². The summed E-state index contributed by atoms with van der Waals surface area (Å²) in [4.78, 5) is 12.9. The smallest absolute Gasteiger partial charge is 0.181 e. The Kier molecular flexibility index (Phi) is 4.03. The molecule has 0 radical (unpaired) electrons. The molecule has 2 aromatic heterocycles. The molecule has 4 nitrogen and oxygen atoms in total. The highest BCUT2D eigenvalue weighted by Crippen LogP contribution is 2.22. The van der Waals surface area contributed by atoms with Crippen LogP contribution in [-0.2, 0) is 0 Å². The monoisotopic (exact) mass is 292 g/mol. The van der Waals surface area contributed by atoms with Crippen LogP contribution in [0.3, 0.4) is 0 Å². The first-order valence-corrected chi connectivity index (χ1v) is 6.28. The average Bonchev–Trinajstić information content (AvgIpc) is 2.37. The highest BCUT2D eigenvalue weighted by Gasteiger charge is 2.07. The lowest BCUT2D eigenvalue weighted by Gasteiger charge is -2.06. The molecule has 88 valence electrons. The molecule has 0 bridgehead atoms. The van der Waals surface area contributed by atoms with Crippen LogP contribution in [0.25, 0.3) is 11.5 Å². The number of nitrogens with one attached hydrogen (secondary N) is 1. The summed E-state index contributed by atoms with van der Waals surface area (Å²) in [5.41, 5.74) is 0.757.